The molecule has 1 aliphatic rings. The molecule has 0 spiro atoms. The van der Waals surface area contributed by atoms with Crippen LogP contribution in [0.5, 0.6) is 0 Å². The summed E-state index contributed by atoms with van der Waals surface area (Å²) < 4.78 is 0. The summed E-state index contributed by atoms with van der Waals surface area (Å²) >= 11 is 6.37. The van der Waals surface area contributed by atoms with Crippen molar-refractivity contribution in [1.29, 1.82) is 0 Å². The minimum Gasteiger partial charge on any atom is -0.359 e. The molecule has 7 nitrogen and oxygen atoms in total. The fourth-order valence-corrected chi connectivity index (χ4v) is 3.72. The molecule has 2 aromatic carbocycles. The van der Waals surface area contributed by atoms with Gasteiger partial charge in [0.25, 0.3) is 5.91 Å². The lowest BCUT2D eigenvalue weighted by molar-refractivity contribution is -0.120. The van der Waals surface area contributed by atoms with Gasteiger partial charge in [0.2, 0.25) is 11.8 Å². The molecule has 1 heterocycles. The van der Waals surface area contributed by atoms with Crippen LogP contribution in [0.3, 0.4) is 0 Å². The smallest absolute Gasteiger partial charge is 0.251 e. The molecule has 1 fully saturated rings. The van der Waals surface area contributed by atoms with Gasteiger partial charge in [-0.1, -0.05) is 44.5 Å². The van der Waals surface area contributed by atoms with Gasteiger partial charge in [-0.3, -0.25) is 14.4 Å². The van der Waals surface area contributed by atoms with E-state index >= 15 is 0 Å². The van der Waals surface area contributed by atoms with Crippen LogP contribution in [0, 0.1) is 0 Å². The van der Waals surface area contributed by atoms with Crippen molar-refractivity contribution in [3.8, 4) is 0 Å². The summed E-state index contributed by atoms with van der Waals surface area (Å²) in [5.41, 5.74) is 3.06. The molecule has 0 radical (unpaired) electrons. The molecule has 3 amide bonds. The fourth-order valence-electron chi connectivity index (χ4n) is 3.42. The predicted octanol–water partition coefficient (Wildman–Crippen LogP) is 3.33. The molecule has 0 bridgehead atoms. The highest BCUT2D eigenvalue weighted by Crippen LogP contribution is 2.29. The zero-order chi connectivity index (χ0) is 23.3. The van der Waals surface area contributed by atoms with E-state index in [0.717, 1.165) is 11.3 Å². The molecule has 1 aliphatic heterocycles. The number of nitrogens with one attached hydrogen (secondary N) is 3. The number of benzene rings is 2. The van der Waals surface area contributed by atoms with E-state index in [9.17, 15) is 14.4 Å². The SMILES string of the molecule is CC(C)(C)c1ccc(C(=O)NCCC(=O)Nc2ccc(N3CCNC(=O)C3)c(Cl)c2)cc1. The van der Waals surface area contributed by atoms with Crippen molar-refractivity contribution in [3.63, 3.8) is 0 Å². The zero-order valence-electron chi connectivity index (χ0n) is 18.6. The molecule has 0 unspecified atom stereocenters. The first-order valence-corrected chi connectivity index (χ1v) is 11.0. The predicted molar refractivity (Wildman–Crippen MR) is 127 cm³/mol. The molecule has 2 aromatic rings. The van der Waals surface area contributed by atoms with Crippen LogP contribution in [-0.4, -0.2) is 43.9 Å². The van der Waals surface area contributed by atoms with Crippen LogP contribution in [0.25, 0.3) is 0 Å². The lowest BCUT2D eigenvalue weighted by Crippen LogP contribution is -2.47. The molecule has 1 saturated heterocycles. The number of hydrogen-bond donors (Lipinski definition) is 3. The zero-order valence-corrected chi connectivity index (χ0v) is 19.4. The van der Waals surface area contributed by atoms with Gasteiger partial charge in [-0.05, 0) is 41.3 Å². The van der Waals surface area contributed by atoms with E-state index in [1.54, 1.807) is 30.3 Å². The lowest BCUT2D eigenvalue weighted by atomic mass is 9.87. The van der Waals surface area contributed by atoms with E-state index in [1.165, 1.54) is 0 Å². The molecule has 0 saturated carbocycles. The second-order valence-electron chi connectivity index (χ2n) is 8.82. The van der Waals surface area contributed by atoms with Crippen LogP contribution in [0.15, 0.2) is 42.5 Å². The first-order chi connectivity index (χ1) is 15.1. The van der Waals surface area contributed by atoms with Crippen LogP contribution in [-0.2, 0) is 15.0 Å². The number of carbonyl (C=O) groups excluding carboxylic acids is 3. The Balaban J connectivity index is 1.48. The average Bonchev–Trinajstić information content (AvgIpc) is 2.73. The van der Waals surface area contributed by atoms with Gasteiger partial charge in [0.15, 0.2) is 0 Å². The molecule has 3 rings (SSSR count). The van der Waals surface area contributed by atoms with E-state index in [2.05, 4.69) is 36.7 Å². The Hall–Kier alpha value is -3.06. The number of amides is 3. The van der Waals surface area contributed by atoms with Crippen molar-refractivity contribution in [1.82, 2.24) is 10.6 Å². The highest BCUT2D eigenvalue weighted by Gasteiger charge is 2.19. The summed E-state index contributed by atoms with van der Waals surface area (Å²) in [7, 11) is 0. The molecular weight excluding hydrogens is 428 g/mol. The molecule has 3 N–H and O–H groups in total. The van der Waals surface area contributed by atoms with E-state index < -0.39 is 0 Å². The monoisotopic (exact) mass is 456 g/mol. The summed E-state index contributed by atoms with van der Waals surface area (Å²) in [5, 5.41) is 8.79. The van der Waals surface area contributed by atoms with Crippen LogP contribution >= 0.6 is 11.6 Å². The number of hydrogen-bond acceptors (Lipinski definition) is 4. The van der Waals surface area contributed by atoms with Gasteiger partial charge in [0, 0.05) is 37.3 Å². The molecule has 0 atom stereocenters. The van der Waals surface area contributed by atoms with Crippen molar-refractivity contribution in [2.75, 3.05) is 36.4 Å². The summed E-state index contributed by atoms with van der Waals surface area (Å²) in [5.74, 6) is -0.484. The van der Waals surface area contributed by atoms with Gasteiger partial charge < -0.3 is 20.9 Å². The van der Waals surface area contributed by atoms with Gasteiger partial charge in [0.1, 0.15) is 0 Å². The van der Waals surface area contributed by atoms with E-state index in [-0.39, 0.29) is 42.6 Å². The van der Waals surface area contributed by atoms with Crippen LogP contribution in [0.1, 0.15) is 43.1 Å². The lowest BCUT2D eigenvalue weighted by Gasteiger charge is -2.29. The molecular formula is C24H29ClN4O3. The average molecular weight is 457 g/mol. The minimum atomic E-state index is -0.227. The van der Waals surface area contributed by atoms with Gasteiger partial charge in [-0.15, -0.1) is 0 Å². The largest absolute Gasteiger partial charge is 0.359 e. The van der Waals surface area contributed by atoms with Crippen LogP contribution in [0.2, 0.25) is 5.02 Å². The molecule has 0 aliphatic carbocycles. The molecule has 170 valence electrons. The number of rotatable bonds is 6. The quantitative estimate of drug-likeness (QED) is 0.621. The Bertz CT molecular complexity index is 999. The topological polar surface area (TPSA) is 90.5 Å². The van der Waals surface area contributed by atoms with E-state index in [4.69, 9.17) is 11.6 Å². The third kappa shape index (κ3) is 6.23. The summed E-state index contributed by atoms with van der Waals surface area (Å²) in [6.07, 6.45) is 0.136. The Morgan fingerprint density at radius 3 is 2.47 bits per heavy atom. The third-order valence-corrected chi connectivity index (χ3v) is 5.56. The maximum absolute atomic E-state index is 12.3. The van der Waals surface area contributed by atoms with Crippen molar-refractivity contribution in [3.05, 3.63) is 58.6 Å². The summed E-state index contributed by atoms with van der Waals surface area (Å²) in [4.78, 5) is 38.0. The fraction of sp³-hybridized carbons (Fsp3) is 0.375. The molecule has 32 heavy (non-hydrogen) atoms. The number of halogens is 1. The Morgan fingerprint density at radius 2 is 1.84 bits per heavy atom. The van der Waals surface area contributed by atoms with E-state index in [0.29, 0.717) is 29.4 Å². The van der Waals surface area contributed by atoms with Gasteiger partial charge in [-0.2, -0.15) is 0 Å². The maximum Gasteiger partial charge on any atom is 0.251 e. The van der Waals surface area contributed by atoms with Gasteiger partial charge in [0.05, 0.1) is 17.3 Å². The van der Waals surface area contributed by atoms with Gasteiger partial charge in [-0.25, -0.2) is 0 Å². The maximum atomic E-state index is 12.3. The van der Waals surface area contributed by atoms with Crippen molar-refractivity contribution in [2.45, 2.75) is 32.6 Å². The first kappa shape index (κ1) is 23.6. The van der Waals surface area contributed by atoms with Crippen LogP contribution in [0.4, 0.5) is 11.4 Å². The Labute approximate surface area is 193 Å². The number of carbonyl (C=O) groups is 3. The first-order valence-electron chi connectivity index (χ1n) is 10.6. The number of piperazine rings is 1. The van der Waals surface area contributed by atoms with Crippen molar-refractivity contribution >= 4 is 40.7 Å². The minimum absolute atomic E-state index is 0.0244. The highest BCUT2D eigenvalue weighted by atomic mass is 35.5. The number of anilines is 2. The normalized spacial score (nSPS) is 14.0. The summed E-state index contributed by atoms with van der Waals surface area (Å²) in [6, 6.07) is 12.7. The Morgan fingerprint density at radius 1 is 1.12 bits per heavy atom. The standard InChI is InChI=1S/C24H29ClN4O3/c1-24(2,3)17-6-4-16(5-7-17)23(32)27-11-10-21(30)28-18-8-9-20(19(25)14-18)29-13-12-26-22(31)15-29/h4-9,14H,10-13,15H2,1-3H3,(H,26,31)(H,27,32)(H,28,30). The third-order valence-electron chi connectivity index (χ3n) is 5.26. The van der Waals surface area contributed by atoms with Crippen molar-refractivity contribution in [2.24, 2.45) is 0 Å². The van der Waals surface area contributed by atoms with E-state index in [1.807, 2.05) is 17.0 Å². The molecule has 0 aromatic heterocycles. The highest BCUT2D eigenvalue weighted by molar-refractivity contribution is 6.33. The second-order valence-corrected chi connectivity index (χ2v) is 9.23. The Kier molecular flexibility index (Phi) is 7.40. The molecule has 8 heteroatoms. The summed E-state index contributed by atoms with van der Waals surface area (Å²) in [6.45, 7) is 8.08. The number of nitrogens with zero attached hydrogens (tertiary/aromatic N) is 1. The van der Waals surface area contributed by atoms with Gasteiger partial charge >= 0.3 is 0 Å². The van der Waals surface area contributed by atoms with Crippen LogP contribution < -0.4 is 20.9 Å². The van der Waals surface area contributed by atoms with Crippen molar-refractivity contribution < 1.29 is 14.4 Å². The second kappa shape index (κ2) is 10.0.